The number of hydrogen-bond donors (Lipinski definition) is 1. The molecular weight excluding hydrogens is 269 g/mol. The van der Waals surface area contributed by atoms with E-state index in [1.165, 1.54) is 19.2 Å². The van der Waals surface area contributed by atoms with Crippen molar-refractivity contribution in [3.8, 4) is 17.9 Å². The van der Waals surface area contributed by atoms with E-state index in [1.54, 1.807) is 30.3 Å². The molecule has 0 amide bonds. The maximum Gasteiger partial charge on any atom is 0.140 e. The predicted molar refractivity (Wildman–Crippen MR) is 76.1 cm³/mol. The number of hydrogen-bond acceptors (Lipinski definition) is 4. The van der Waals surface area contributed by atoms with E-state index >= 15 is 0 Å². The van der Waals surface area contributed by atoms with Gasteiger partial charge in [-0.3, -0.25) is 0 Å². The predicted octanol–water partition coefficient (Wildman–Crippen LogP) is 3.38. The highest BCUT2D eigenvalue weighted by Gasteiger charge is 2.13. The van der Waals surface area contributed by atoms with Crippen LogP contribution in [0.5, 0.6) is 5.75 Å². The van der Waals surface area contributed by atoms with Crippen LogP contribution in [0.15, 0.2) is 42.5 Å². The van der Waals surface area contributed by atoms with Crippen LogP contribution >= 0.6 is 0 Å². The number of nitrogens with one attached hydrogen (secondary N) is 1. The number of methoxy groups -OCH3 is 1. The van der Waals surface area contributed by atoms with Crippen molar-refractivity contribution in [3.05, 3.63) is 59.4 Å². The van der Waals surface area contributed by atoms with Gasteiger partial charge in [0.15, 0.2) is 0 Å². The first-order valence-electron chi connectivity index (χ1n) is 6.17. The van der Waals surface area contributed by atoms with Gasteiger partial charge in [-0.15, -0.1) is 0 Å². The molecule has 5 heteroatoms. The maximum atomic E-state index is 12.9. The lowest BCUT2D eigenvalue weighted by atomic mass is 10.0. The number of halogens is 1. The topological polar surface area (TPSA) is 68.8 Å². The Morgan fingerprint density at radius 1 is 1.14 bits per heavy atom. The Kier molecular flexibility index (Phi) is 4.38. The standard InChI is InChI=1S/C16H12FN3O/c1-21-16-7-2-11(8-12(16)9-18)15(10-19)20-14-5-3-13(17)4-6-14/h2-8,15,20H,1H3. The number of anilines is 1. The minimum atomic E-state index is -0.645. The van der Waals surface area contributed by atoms with Crippen molar-refractivity contribution in [2.45, 2.75) is 6.04 Å². The summed E-state index contributed by atoms with van der Waals surface area (Å²) >= 11 is 0. The molecule has 1 unspecified atom stereocenters. The first-order valence-corrected chi connectivity index (χ1v) is 6.17. The van der Waals surface area contributed by atoms with E-state index in [4.69, 9.17) is 10.00 Å². The number of nitriles is 2. The number of benzene rings is 2. The minimum Gasteiger partial charge on any atom is -0.495 e. The summed E-state index contributed by atoms with van der Waals surface area (Å²) in [6.45, 7) is 0. The Labute approximate surface area is 122 Å². The Hall–Kier alpha value is -3.05. The summed E-state index contributed by atoms with van der Waals surface area (Å²) in [4.78, 5) is 0. The van der Waals surface area contributed by atoms with Crippen molar-refractivity contribution in [3.63, 3.8) is 0 Å². The van der Waals surface area contributed by atoms with Crippen LogP contribution in [0.25, 0.3) is 0 Å². The van der Waals surface area contributed by atoms with E-state index in [-0.39, 0.29) is 5.82 Å². The van der Waals surface area contributed by atoms with Gasteiger partial charge in [-0.1, -0.05) is 6.07 Å². The molecule has 0 saturated heterocycles. The zero-order valence-electron chi connectivity index (χ0n) is 11.3. The Bertz CT molecular complexity index is 714. The largest absolute Gasteiger partial charge is 0.495 e. The summed E-state index contributed by atoms with van der Waals surface area (Å²) in [7, 11) is 1.48. The second kappa shape index (κ2) is 6.40. The van der Waals surface area contributed by atoms with E-state index in [9.17, 15) is 9.65 Å². The highest BCUT2D eigenvalue weighted by molar-refractivity contribution is 5.51. The summed E-state index contributed by atoms with van der Waals surface area (Å²) in [5, 5.41) is 21.3. The van der Waals surface area contributed by atoms with Crippen LogP contribution in [0.3, 0.4) is 0 Å². The van der Waals surface area contributed by atoms with Crippen LogP contribution < -0.4 is 10.1 Å². The summed E-state index contributed by atoms with van der Waals surface area (Å²) in [6.07, 6.45) is 0. The molecule has 0 saturated carbocycles. The van der Waals surface area contributed by atoms with Gasteiger partial charge < -0.3 is 10.1 Å². The average molecular weight is 281 g/mol. The van der Waals surface area contributed by atoms with Gasteiger partial charge in [0, 0.05) is 5.69 Å². The normalized spacial score (nSPS) is 11.0. The second-order valence-corrected chi connectivity index (χ2v) is 4.28. The SMILES string of the molecule is COc1ccc(C(C#N)Nc2ccc(F)cc2)cc1C#N. The molecule has 0 aliphatic heterocycles. The van der Waals surface area contributed by atoms with Crippen molar-refractivity contribution >= 4 is 5.69 Å². The number of ether oxygens (including phenoxy) is 1. The molecule has 2 aromatic carbocycles. The Balaban J connectivity index is 2.28. The van der Waals surface area contributed by atoms with Crippen molar-refractivity contribution in [1.29, 1.82) is 10.5 Å². The summed E-state index contributed by atoms with van der Waals surface area (Å²) in [6, 6.07) is 14.2. The lowest BCUT2D eigenvalue weighted by Gasteiger charge is -2.14. The van der Waals surface area contributed by atoms with Gasteiger partial charge in [0.1, 0.15) is 23.7 Å². The third kappa shape index (κ3) is 3.29. The van der Waals surface area contributed by atoms with Crippen molar-refractivity contribution < 1.29 is 9.13 Å². The lowest BCUT2D eigenvalue weighted by Crippen LogP contribution is -2.09. The third-order valence-electron chi connectivity index (χ3n) is 2.96. The van der Waals surface area contributed by atoms with Crippen LogP contribution in [0, 0.1) is 28.5 Å². The summed E-state index contributed by atoms with van der Waals surface area (Å²) in [5.74, 6) is 0.116. The molecule has 0 aliphatic carbocycles. The Morgan fingerprint density at radius 3 is 2.43 bits per heavy atom. The van der Waals surface area contributed by atoms with Crippen LogP contribution in [0.4, 0.5) is 10.1 Å². The quantitative estimate of drug-likeness (QED) is 0.932. The van der Waals surface area contributed by atoms with Crippen LogP contribution in [-0.2, 0) is 0 Å². The zero-order chi connectivity index (χ0) is 15.2. The molecule has 2 rings (SSSR count). The first kappa shape index (κ1) is 14.4. The molecule has 0 aromatic heterocycles. The van der Waals surface area contributed by atoms with Gasteiger partial charge in [-0.2, -0.15) is 10.5 Å². The second-order valence-electron chi connectivity index (χ2n) is 4.28. The fraction of sp³-hybridized carbons (Fsp3) is 0.125. The molecule has 0 bridgehead atoms. The van der Waals surface area contributed by atoms with Crippen molar-refractivity contribution in [1.82, 2.24) is 0 Å². The van der Waals surface area contributed by atoms with Gasteiger partial charge >= 0.3 is 0 Å². The fourth-order valence-corrected chi connectivity index (χ4v) is 1.90. The molecule has 2 aromatic rings. The van der Waals surface area contributed by atoms with Crippen molar-refractivity contribution in [2.24, 2.45) is 0 Å². The number of rotatable bonds is 4. The maximum absolute atomic E-state index is 12.9. The van der Waals surface area contributed by atoms with Gasteiger partial charge in [0.25, 0.3) is 0 Å². The molecule has 1 N–H and O–H groups in total. The molecule has 1 atom stereocenters. The van der Waals surface area contributed by atoms with Gasteiger partial charge in [0.2, 0.25) is 0 Å². The van der Waals surface area contributed by atoms with Crippen LogP contribution in [0.2, 0.25) is 0 Å². The zero-order valence-corrected chi connectivity index (χ0v) is 11.3. The lowest BCUT2D eigenvalue weighted by molar-refractivity contribution is 0.413. The van der Waals surface area contributed by atoms with Gasteiger partial charge in [-0.05, 0) is 42.0 Å². The highest BCUT2D eigenvalue weighted by Crippen LogP contribution is 2.25. The molecule has 0 heterocycles. The molecule has 0 radical (unpaired) electrons. The molecule has 4 nitrogen and oxygen atoms in total. The van der Waals surface area contributed by atoms with Gasteiger partial charge in [-0.25, -0.2) is 4.39 Å². The molecule has 0 spiro atoms. The number of nitrogens with zero attached hydrogens (tertiary/aromatic N) is 2. The van der Waals surface area contributed by atoms with E-state index < -0.39 is 6.04 Å². The minimum absolute atomic E-state index is 0.342. The molecule has 0 aliphatic rings. The third-order valence-corrected chi connectivity index (χ3v) is 2.96. The van der Waals surface area contributed by atoms with E-state index in [0.717, 1.165) is 0 Å². The molecular formula is C16H12FN3O. The summed E-state index contributed by atoms with van der Waals surface area (Å²) in [5.41, 5.74) is 1.62. The van der Waals surface area contributed by atoms with E-state index in [0.29, 0.717) is 22.6 Å². The van der Waals surface area contributed by atoms with E-state index in [2.05, 4.69) is 11.4 Å². The van der Waals surface area contributed by atoms with Crippen molar-refractivity contribution in [2.75, 3.05) is 12.4 Å². The Morgan fingerprint density at radius 2 is 1.86 bits per heavy atom. The molecule has 104 valence electrons. The van der Waals surface area contributed by atoms with Crippen LogP contribution in [0.1, 0.15) is 17.2 Å². The molecule has 21 heavy (non-hydrogen) atoms. The van der Waals surface area contributed by atoms with Crippen LogP contribution in [-0.4, -0.2) is 7.11 Å². The van der Waals surface area contributed by atoms with Gasteiger partial charge in [0.05, 0.1) is 18.7 Å². The average Bonchev–Trinajstić information content (AvgIpc) is 2.53. The molecule has 0 fully saturated rings. The highest BCUT2D eigenvalue weighted by atomic mass is 19.1. The smallest absolute Gasteiger partial charge is 0.140 e. The first-order chi connectivity index (χ1) is 10.2. The fourth-order valence-electron chi connectivity index (χ4n) is 1.90. The monoisotopic (exact) mass is 281 g/mol. The van der Waals surface area contributed by atoms with E-state index in [1.807, 2.05) is 6.07 Å². The summed E-state index contributed by atoms with van der Waals surface area (Å²) < 4.78 is 17.9.